The summed E-state index contributed by atoms with van der Waals surface area (Å²) in [6, 6.07) is 15.6. The first-order valence-corrected chi connectivity index (χ1v) is 14.2. The minimum absolute atomic E-state index is 0.0425. The molecule has 0 radical (unpaired) electrons. The molecule has 1 saturated carbocycles. The molecule has 3 aromatic heterocycles. The summed E-state index contributed by atoms with van der Waals surface area (Å²) in [6.45, 7) is 7.51. The lowest BCUT2D eigenvalue weighted by atomic mass is 10.2. The molecule has 0 unspecified atom stereocenters. The second-order valence-electron chi connectivity index (χ2n) is 10.1. The Hall–Kier alpha value is -5.32. The van der Waals surface area contributed by atoms with Crippen LogP contribution >= 0.6 is 0 Å². The summed E-state index contributed by atoms with van der Waals surface area (Å²) in [6.07, 6.45) is 3.41. The first-order chi connectivity index (χ1) is 21.2. The zero-order valence-corrected chi connectivity index (χ0v) is 24.7. The number of benzene rings is 2. The van der Waals surface area contributed by atoms with Crippen LogP contribution in [-0.2, 0) is 4.79 Å². The lowest BCUT2D eigenvalue weighted by Gasteiger charge is -2.13. The SMILES string of the molecule is CC.Cc1ccc(C(=O)Nc2ccc(Oc3ccc4nc(NC(=O)C5CC5)c(C)n4c3)c(F)c2)c(=O)n1-c1ccc(F)cc1. The van der Waals surface area contributed by atoms with E-state index in [-0.39, 0.29) is 28.8 Å². The van der Waals surface area contributed by atoms with Crippen molar-refractivity contribution >= 4 is 29.0 Å². The van der Waals surface area contributed by atoms with Crippen LogP contribution in [0, 0.1) is 31.4 Å². The van der Waals surface area contributed by atoms with Crippen molar-refractivity contribution in [3.05, 3.63) is 112 Å². The van der Waals surface area contributed by atoms with Crippen LogP contribution in [-0.4, -0.2) is 25.8 Å². The van der Waals surface area contributed by atoms with Gasteiger partial charge >= 0.3 is 0 Å². The van der Waals surface area contributed by atoms with Gasteiger partial charge in [-0.1, -0.05) is 13.8 Å². The predicted molar refractivity (Wildman–Crippen MR) is 164 cm³/mol. The maximum Gasteiger partial charge on any atom is 0.268 e. The van der Waals surface area contributed by atoms with Crippen molar-refractivity contribution in [3.8, 4) is 17.2 Å². The number of imidazole rings is 1. The summed E-state index contributed by atoms with van der Waals surface area (Å²) in [5.41, 5.74) is 1.62. The van der Waals surface area contributed by atoms with Crippen LogP contribution in [0.2, 0.25) is 0 Å². The fraction of sp³-hybridized carbons (Fsp3) is 0.212. The number of rotatable bonds is 7. The molecule has 1 aliphatic carbocycles. The highest BCUT2D eigenvalue weighted by Crippen LogP contribution is 2.32. The molecule has 2 amide bonds. The van der Waals surface area contributed by atoms with E-state index < -0.39 is 23.1 Å². The maximum absolute atomic E-state index is 15.0. The van der Waals surface area contributed by atoms with E-state index in [9.17, 15) is 18.8 Å². The van der Waals surface area contributed by atoms with Gasteiger partial charge in [0.1, 0.15) is 22.8 Å². The molecule has 44 heavy (non-hydrogen) atoms. The Morgan fingerprint density at radius 2 is 1.66 bits per heavy atom. The van der Waals surface area contributed by atoms with Gasteiger partial charge in [-0.15, -0.1) is 0 Å². The Bertz CT molecular complexity index is 1930. The van der Waals surface area contributed by atoms with E-state index in [4.69, 9.17) is 4.74 Å². The number of hydrogen-bond donors (Lipinski definition) is 2. The highest BCUT2D eigenvalue weighted by atomic mass is 19.1. The predicted octanol–water partition coefficient (Wildman–Crippen LogP) is 6.80. The third kappa shape index (κ3) is 6.22. The Morgan fingerprint density at radius 3 is 2.34 bits per heavy atom. The van der Waals surface area contributed by atoms with Gasteiger partial charge in [0.25, 0.3) is 11.5 Å². The fourth-order valence-corrected chi connectivity index (χ4v) is 4.59. The Kier molecular flexibility index (Phi) is 8.57. The van der Waals surface area contributed by atoms with Crippen molar-refractivity contribution in [2.45, 2.75) is 40.5 Å². The standard InChI is InChI=1S/C31H25F2N5O4.C2H6/c1-17-3-12-24(31(41)38(17)22-9-6-20(32)7-10-22)30(40)34-21-8-13-26(25(33)15-21)42-23-11-14-27-35-28(18(2)37(27)16-23)36-29(39)19-4-5-19;1-2/h3,6-16,19H,4-5H2,1-2H3,(H,34,40)(H,36,39);1-2H3. The van der Waals surface area contributed by atoms with Crippen LogP contribution < -0.4 is 20.9 Å². The van der Waals surface area contributed by atoms with Gasteiger partial charge in [0.15, 0.2) is 17.4 Å². The Morgan fingerprint density at radius 1 is 0.932 bits per heavy atom. The number of fused-ring (bicyclic) bond motifs is 1. The van der Waals surface area contributed by atoms with Crippen LogP contribution in [0.15, 0.2) is 77.7 Å². The number of aryl methyl sites for hydroxylation is 2. The number of aromatic nitrogens is 3. The van der Waals surface area contributed by atoms with Crippen LogP contribution in [0.4, 0.5) is 20.3 Å². The molecule has 0 atom stereocenters. The molecular weight excluding hydrogens is 568 g/mol. The minimum Gasteiger partial charge on any atom is -0.453 e. The molecule has 1 fully saturated rings. The third-order valence-electron chi connectivity index (χ3n) is 7.04. The van der Waals surface area contributed by atoms with Crippen LogP contribution in [0.3, 0.4) is 0 Å². The monoisotopic (exact) mass is 599 g/mol. The largest absolute Gasteiger partial charge is 0.453 e. The van der Waals surface area contributed by atoms with Crippen LogP contribution in [0.1, 0.15) is 48.4 Å². The van der Waals surface area contributed by atoms with Gasteiger partial charge in [-0.25, -0.2) is 13.8 Å². The third-order valence-corrected chi connectivity index (χ3v) is 7.04. The molecule has 3 heterocycles. The van der Waals surface area contributed by atoms with Gasteiger partial charge in [0.2, 0.25) is 5.91 Å². The molecule has 9 nitrogen and oxygen atoms in total. The number of carbonyl (C=O) groups is 2. The number of hydrogen-bond acceptors (Lipinski definition) is 5. The average Bonchev–Trinajstić information content (AvgIpc) is 3.82. The first-order valence-electron chi connectivity index (χ1n) is 14.2. The molecule has 0 saturated heterocycles. The van der Waals surface area contributed by atoms with Crippen molar-refractivity contribution in [2.24, 2.45) is 5.92 Å². The van der Waals surface area contributed by atoms with Gasteiger partial charge in [0.05, 0.1) is 11.9 Å². The van der Waals surface area contributed by atoms with Crippen molar-refractivity contribution in [1.29, 1.82) is 0 Å². The Labute approximate surface area is 252 Å². The van der Waals surface area contributed by atoms with Crippen molar-refractivity contribution < 1.29 is 23.1 Å². The lowest BCUT2D eigenvalue weighted by Crippen LogP contribution is -2.29. The van der Waals surface area contributed by atoms with Crippen LogP contribution in [0.25, 0.3) is 11.3 Å². The fourth-order valence-electron chi connectivity index (χ4n) is 4.59. The Balaban J connectivity index is 0.00000188. The molecule has 2 aromatic carbocycles. The van der Waals surface area contributed by atoms with E-state index in [1.807, 2.05) is 20.8 Å². The van der Waals surface area contributed by atoms with E-state index in [2.05, 4.69) is 15.6 Å². The van der Waals surface area contributed by atoms with Crippen molar-refractivity contribution in [2.75, 3.05) is 10.6 Å². The molecule has 0 aliphatic heterocycles. The van der Waals surface area contributed by atoms with Gasteiger partial charge < -0.3 is 15.4 Å². The average molecular weight is 600 g/mol. The molecule has 11 heteroatoms. The topological polar surface area (TPSA) is 107 Å². The lowest BCUT2D eigenvalue weighted by molar-refractivity contribution is -0.117. The van der Waals surface area contributed by atoms with Crippen molar-refractivity contribution in [1.82, 2.24) is 14.0 Å². The van der Waals surface area contributed by atoms with E-state index in [0.717, 1.165) is 18.9 Å². The smallest absolute Gasteiger partial charge is 0.268 e. The minimum atomic E-state index is -0.736. The summed E-state index contributed by atoms with van der Waals surface area (Å²) in [4.78, 5) is 42.7. The van der Waals surface area contributed by atoms with E-state index in [1.165, 1.54) is 47.0 Å². The van der Waals surface area contributed by atoms with Gasteiger partial charge in [-0.2, -0.15) is 0 Å². The number of carbonyl (C=O) groups excluding carboxylic acids is 2. The number of amides is 2. The normalized spacial score (nSPS) is 12.3. The second-order valence-corrected chi connectivity index (χ2v) is 10.1. The van der Waals surface area contributed by atoms with Gasteiger partial charge in [-0.05, 0) is 87.4 Å². The first kappa shape index (κ1) is 30.1. The van der Waals surface area contributed by atoms with E-state index in [1.54, 1.807) is 35.7 Å². The zero-order valence-electron chi connectivity index (χ0n) is 24.7. The maximum atomic E-state index is 15.0. The summed E-state index contributed by atoms with van der Waals surface area (Å²) < 4.78 is 37.2. The highest BCUT2D eigenvalue weighted by molar-refractivity contribution is 6.04. The highest BCUT2D eigenvalue weighted by Gasteiger charge is 2.30. The summed E-state index contributed by atoms with van der Waals surface area (Å²) in [7, 11) is 0. The van der Waals surface area contributed by atoms with Crippen LogP contribution in [0.5, 0.6) is 11.5 Å². The molecule has 6 rings (SSSR count). The number of nitrogens with zero attached hydrogens (tertiary/aromatic N) is 3. The summed E-state index contributed by atoms with van der Waals surface area (Å²) in [5, 5.41) is 5.40. The molecule has 5 aromatic rings. The number of anilines is 2. The molecule has 1 aliphatic rings. The molecular formula is C33H31F2N5O4. The molecule has 0 bridgehead atoms. The van der Waals surface area contributed by atoms with Crippen molar-refractivity contribution in [3.63, 3.8) is 0 Å². The second kappa shape index (κ2) is 12.5. The number of ether oxygens (including phenoxy) is 1. The number of pyridine rings is 2. The zero-order chi connectivity index (χ0) is 31.5. The van der Waals surface area contributed by atoms with Gasteiger partial charge in [-0.3, -0.25) is 23.4 Å². The number of halogens is 2. The quantitative estimate of drug-likeness (QED) is 0.214. The molecule has 226 valence electrons. The number of nitrogens with one attached hydrogen (secondary N) is 2. The molecule has 2 N–H and O–H groups in total. The van der Waals surface area contributed by atoms with Gasteiger partial charge in [0, 0.05) is 29.1 Å². The van der Waals surface area contributed by atoms with E-state index >= 15 is 4.39 Å². The summed E-state index contributed by atoms with van der Waals surface area (Å²) in [5.74, 6) is -1.20. The van der Waals surface area contributed by atoms with E-state index in [0.29, 0.717) is 34.3 Å². The molecule has 0 spiro atoms. The summed E-state index contributed by atoms with van der Waals surface area (Å²) >= 11 is 0.